The average molecular weight is 262 g/mol. The first kappa shape index (κ1) is 15.9. The van der Waals surface area contributed by atoms with Crippen LogP contribution in [0, 0.1) is 0 Å². The first-order valence-corrected chi connectivity index (χ1v) is 7.40. The van der Waals surface area contributed by atoms with Gasteiger partial charge in [0.1, 0.15) is 5.78 Å². The number of ether oxygens (including phenoxy) is 1. The van der Waals surface area contributed by atoms with Gasteiger partial charge >= 0.3 is 0 Å². The molecule has 0 fully saturated rings. The Morgan fingerprint density at radius 1 is 1.16 bits per heavy atom. The fourth-order valence-corrected chi connectivity index (χ4v) is 2.15. The zero-order chi connectivity index (χ0) is 13.9. The van der Waals surface area contributed by atoms with E-state index >= 15 is 0 Å². The molecule has 0 aromatic heterocycles. The topological polar surface area (TPSA) is 26.3 Å². The molecule has 0 aliphatic rings. The van der Waals surface area contributed by atoms with Gasteiger partial charge in [-0.05, 0) is 31.7 Å². The van der Waals surface area contributed by atoms with Crippen LogP contribution in [-0.2, 0) is 9.53 Å². The lowest BCUT2D eigenvalue weighted by atomic mass is 10.1. The van der Waals surface area contributed by atoms with E-state index in [1.165, 1.54) is 5.56 Å². The molecule has 0 saturated carbocycles. The van der Waals surface area contributed by atoms with Gasteiger partial charge in [-0.25, -0.2) is 0 Å². The van der Waals surface area contributed by atoms with Crippen LogP contribution in [0.25, 0.3) is 0 Å². The van der Waals surface area contributed by atoms with Crippen molar-refractivity contribution in [3.8, 4) is 0 Å². The maximum Gasteiger partial charge on any atom is 0.129 e. The van der Waals surface area contributed by atoms with E-state index in [0.717, 1.165) is 38.7 Å². The Morgan fingerprint density at radius 2 is 1.89 bits per heavy atom. The molecule has 2 heteroatoms. The highest BCUT2D eigenvalue weighted by Gasteiger charge is 2.10. The van der Waals surface area contributed by atoms with E-state index in [9.17, 15) is 4.79 Å². The van der Waals surface area contributed by atoms with E-state index in [1.54, 1.807) is 6.92 Å². The highest BCUT2D eigenvalue weighted by Crippen LogP contribution is 2.22. The minimum atomic E-state index is 0.221. The standard InChI is InChI=1S/C17H26O2/c1-3-10-17(16-12-7-4-8-13-16)19-14-9-5-6-11-15(2)18/h4,7-8,12-13,17H,3,5-6,9-11,14H2,1-2H3. The van der Waals surface area contributed by atoms with E-state index in [1.807, 2.05) is 6.07 Å². The second-order valence-corrected chi connectivity index (χ2v) is 5.07. The molecule has 0 aliphatic heterocycles. The lowest BCUT2D eigenvalue weighted by Gasteiger charge is -2.17. The number of carbonyl (C=O) groups excluding carboxylic acids is 1. The van der Waals surface area contributed by atoms with Gasteiger partial charge in [-0.3, -0.25) is 0 Å². The van der Waals surface area contributed by atoms with Gasteiger partial charge in [-0.15, -0.1) is 0 Å². The van der Waals surface area contributed by atoms with Crippen LogP contribution in [0.1, 0.15) is 64.0 Å². The van der Waals surface area contributed by atoms with Crippen LogP contribution in [0.15, 0.2) is 30.3 Å². The number of hydrogen-bond donors (Lipinski definition) is 0. The summed E-state index contributed by atoms with van der Waals surface area (Å²) >= 11 is 0. The molecule has 1 aromatic carbocycles. The van der Waals surface area contributed by atoms with Gasteiger partial charge in [0.2, 0.25) is 0 Å². The number of rotatable bonds is 10. The molecule has 1 unspecified atom stereocenters. The first-order valence-electron chi connectivity index (χ1n) is 7.40. The van der Waals surface area contributed by atoms with E-state index < -0.39 is 0 Å². The van der Waals surface area contributed by atoms with Gasteiger partial charge in [-0.1, -0.05) is 50.1 Å². The smallest absolute Gasteiger partial charge is 0.129 e. The molecular formula is C17H26O2. The number of hydrogen-bond acceptors (Lipinski definition) is 2. The molecule has 0 spiro atoms. The fourth-order valence-electron chi connectivity index (χ4n) is 2.15. The maximum absolute atomic E-state index is 10.8. The Balaban J connectivity index is 2.25. The van der Waals surface area contributed by atoms with Crippen LogP contribution in [-0.4, -0.2) is 12.4 Å². The second-order valence-electron chi connectivity index (χ2n) is 5.07. The summed E-state index contributed by atoms with van der Waals surface area (Å²) < 4.78 is 5.99. The van der Waals surface area contributed by atoms with E-state index in [2.05, 4.69) is 31.2 Å². The summed E-state index contributed by atoms with van der Waals surface area (Å²) in [6.45, 7) is 4.63. The summed E-state index contributed by atoms with van der Waals surface area (Å²) in [7, 11) is 0. The van der Waals surface area contributed by atoms with Crippen molar-refractivity contribution in [1.82, 2.24) is 0 Å². The van der Waals surface area contributed by atoms with Crippen molar-refractivity contribution >= 4 is 5.78 Å². The summed E-state index contributed by atoms with van der Waals surface area (Å²) in [5.74, 6) is 0.286. The molecule has 19 heavy (non-hydrogen) atoms. The van der Waals surface area contributed by atoms with Gasteiger partial charge in [0.05, 0.1) is 6.10 Å². The molecule has 0 saturated heterocycles. The predicted octanol–water partition coefficient (Wildman–Crippen LogP) is 4.69. The quantitative estimate of drug-likeness (QED) is 0.572. The molecule has 2 nitrogen and oxygen atoms in total. The first-order chi connectivity index (χ1) is 9.24. The number of benzene rings is 1. The van der Waals surface area contributed by atoms with Crippen LogP contribution in [0.2, 0.25) is 0 Å². The minimum absolute atomic E-state index is 0.221. The lowest BCUT2D eigenvalue weighted by Crippen LogP contribution is -2.05. The zero-order valence-corrected chi connectivity index (χ0v) is 12.2. The average Bonchev–Trinajstić information content (AvgIpc) is 2.42. The fraction of sp³-hybridized carbons (Fsp3) is 0.588. The third-order valence-corrected chi connectivity index (χ3v) is 3.21. The summed E-state index contributed by atoms with van der Waals surface area (Å²) in [4.78, 5) is 10.8. The van der Waals surface area contributed by atoms with Gasteiger partial charge in [-0.2, -0.15) is 0 Å². The second kappa shape index (κ2) is 9.74. The highest BCUT2D eigenvalue weighted by molar-refractivity contribution is 5.75. The van der Waals surface area contributed by atoms with Crippen molar-refractivity contribution in [2.75, 3.05) is 6.61 Å². The zero-order valence-electron chi connectivity index (χ0n) is 12.2. The van der Waals surface area contributed by atoms with Crippen LogP contribution < -0.4 is 0 Å². The highest BCUT2D eigenvalue weighted by atomic mass is 16.5. The van der Waals surface area contributed by atoms with Gasteiger partial charge < -0.3 is 9.53 Å². The maximum atomic E-state index is 10.8. The monoisotopic (exact) mass is 262 g/mol. The van der Waals surface area contributed by atoms with Crippen molar-refractivity contribution in [3.63, 3.8) is 0 Å². The summed E-state index contributed by atoms with van der Waals surface area (Å²) in [5.41, 5.74) is 1.27. The minimum Gasteiger partial charge on any atom is -0.374 e. The Labute approximate surface area is 117 Å². The van der Waals surface area contributed by atoms with Crippen molar-refractivity contribution in [2.45, 2.75) is 58.5 Å². The molecule has 0 radical (unpaired) electrons. The van der Waals surface area contributed by atoms with Crippen molar-refractivity contribution in [2.24, 2.45) is 0 Å². The summed E-state index contributed by atoms with van der Waals surface area (Å²) in [6, 6.07) is 10.4. The van der Waals surface area contributed by atoms with Gasteiger partial charge in [0.25, 0.3) is 0 Å². The van der Waals surface area contributed by atoms with Crippen LogP contribution >= 0.6 is 0 Å². The van der Waals surface area contributed by atoms with Gasteiger partial charge in [0, 0.05) is 13.0 Å². The molecule has 1 rings (SSSR count). The molecule has 1 atom stereocenters. The number of unbranched alkanes of at least 4 members (excludes halogenated alkanes) is 2. The molecule has 0 amide bonds. The van der Waals surface area contributed by atoms with Crippen LogP contribution in [0.4, 0.5) is 0 Å². The number of carbonyl (C=O) groups is 1. The summed E-state index contributed by atoms with van der Waals surface area (Å²) in [5, 5.41) is 0. The number of Topliss-reactive ketones (excluding diaryl/α,β-unsaturated/α-hetero) is 1. The third kappa shape index (κ3) is 7.12. The largest absolute Gasteiger partial charge is 0.374 e. The van der Waals surface area contributed by atoms with Crippen LogP contribution in [0.3, 0.4) is 0 Å². The van der Waals surface area contributed by atoms with E-state index in [-0.39, 0.29) is 11.9 Å². The molecule has 1 aromatic rings. The Hall–Kier alpha value is -1.15. The molecule has 0 heterocycles. The molecule has 106 valence electrons. The lowest BCUT2D eigenvalue weighted by molar-refractivity contribution is -0.117. The van der Waals surface area contributed by atoms with Crippen molar-refractivity contribution < 1.29 is 9.53 Å². The van der Waals surface area contributed by atoms with Gasteiger partial charge in [0.15, 0.2) is 0 Å². The van der Waals surface area contributed by atoms with Crippen molar-refractivity contribution in [3.05, 3.63) is 35.9 Å². The van der Waals surface area contributed by atoms with Crippen molar-refractivity contribution in [1.29, 1.82) is 0 Å². The van der Waals surface area contributed by atoms with E-state index in [0.29, 0.717) is 6.42 Å². The molecular weight excluding hydrogens is 236 g/mol. The molecule has 0 bridgehead atoms. The van der Waals surface area contributed by atoms with E-state index in [4.69, 9.17) is 4.74 Å². The SMILES string of the molecule is CCCC(OCCCCCC(C)=O)c1ccccc1. The molecule has 0 N–H and O–H groups in total. The Morgan fingerprint density at radius 3 is 2.53 bits per heavy atom. The number of ketones is 1. The normalized spacial score (nSPS) is 12.3. The third-order valence-electron chi connectivity index (χ3n) is 3.21. The predicted molar refractivity (Wildman–Crippen MR) is 79.2 cm³/mol. The Bertz CT molecular complexity index is 346. The summed E-state index contributed by atoms with van der Waals surface area (Å²) in [6.07, 6.45) is 6.23. The van der Waals surface area contributed by atoms with Crippen LogP contribution in [0.5, 0.6) is 0 Å². The molecule has 0 aliphatic carbocycles. The Kier molecular flexibility index (Phi) is 8.15.